The average molecular weight is 440 g/mol. The maximum absolute atomic E-state index is 12.9. The molecule has 2 aliphatic heterocycles. The molecule has 0 radical (unpaired) electrons. The first-order valence-corrected chi connectivity index (χ1v) is 11.0. The summed E-state index contributed by atoms with van der Waals surface area (Å²) in [7, 11) is 3.11. The number of halogens is 2. The fraction of sp³-hybridized carbons (Fsp3) is 0.619. The molecule has 30 heavy (non-hydrogen) atoms. The molecule has 0 amide bonds. The lowest BCUT2D eigenvalue weighted by molar-refractivity contribution is -0.110. The van der Waals surface area contributed by atoms with Gasteiger partial charge >= 0.3 is 6.01 Å². The van der Waals surface area contributed by atoms with Crippen LogP contribution in [0.15, 0.2) is 12.3 Å². The van der Waals surface area contributed by atoms with Crippen molar-refractivity contribution in [3.63, 3.8) is 0 Å². The van der Waals surface area contributed by atoms with E-state index < -0.39 is 6.43 Å². The van der Waals surface area contributed by atoms with Crippen LogP contribution >= 0.6 is 11.3 Å². The van der Waals surface area contributed by atoms with Gasteiger partial charge in [0.2, 0.25) is 12.3 Å². The van der Waals surface area contributed by atoms with Crippen molar-refractivity contribution >= 4 is 11.3 Å². The highest BCUT2D eigenvalue weighted by molar-refractivity contribution is 7.12. The summed E-state index contributed by atoms with van der Waals surface area (Å²) in [6.07, 6.45) is 1.71. The summed E-state index contributed by atoms with van der Waals surface area (Å²) < 4.78 is 42.6. The summed E-state index contributed by atoms with van der Waals surface area (Å²) in [6, 6.07) is 2.49. The largest absolute Gasteiger partial charge is 0.481 e. The number of likely N-dealkylation sites (tertiary alicyclic amines) is 1. The van der Waals surface area contributed by atoms with Crippen LogP contribution in [0.4, 0.5) is 8.78 Å². The van der Waals surface area contributed by atoms with E-state index in [1.807, 2.05) is 6.07 Å². The van der Waals surface area contributed by atoms with Crippen LogP contribution in [-0.2, 0) is 29.7 Å². The molecule has 0 aliphatic carbocycles. The summed E-state index contributed by atoms with van der Waals surface area (Å²) in [5.41, 5.74) is 1.73. The molecule has 9 heteroatoms. The molecule has 2 aliphatic rings. The van der Waals surface area contributed by atoms with Gasteiger partial charge in [-0.25, -0.2) is 13.8 Å². The number of piperidine rings is 1. The zero-order chi connectivity index (χ0) is 21.3. The number of thiophene rings is 1. The molecule has 0 aromatic carbocycles. The highest BCUT2D eigenvalue weighted by Gasteiger charge is 2.45. The Morgan fingerprint density at radius 2 is 2.20 bits per heavy atom. The number of hydrogen-bond donors (Lipinski definition) is 0. The minimum Gasteiger partial charge on any atom is -0.481 e. The van der Waals surface area contributed by atoms with Gasteiger partial charge in [-0.15, -0.1) is 11.3 Å². The molecule has 164 valence electrons. The molecule has 0 N–H and O–H groups in total. The Morgan fingerprint density at radius 3 is 2.90 bits per heavy atom. The zero-order valence-electron chi connectivity index (χ0n) is 17.5. The van der Waals surface area contributed by atoms with E-state index in [1.165, 1.54) is 24.0 Å². The monoisotopic (exact) mass is 439 g/mol. The second-order valence-corrected chi connectivity index (χ2v) is 9.06. The minimum atomic E-state index is -2.32. The molecule has 1 spiro atoms. The molecule has 0 saturated carbocycles. The van der Waals surface area contributed by atoms with Crippen molar-refractivity contribution < 1.29 is 23.0 Å². The van der Waals surface area contributed by atoms with Gasteiger partial charge in [-0.05, 0) is 37.8 Å². The summed E-state index contributed by atoms with van der Waals surface area (Å²) in [6.45, 7) is 4.32. The molecule has 0 unspecified atom stereocenters. The Labute approximate surface area is 179 Å². The standard InChI is InChI=1S/C21H27F2N3O3S/c1-13-10-21(18-14(4-7-29-21)8-16(30-18)9-17(22)23)5-6-26(13)12-15-11-24-20(28-3)25-19(15)27-2/h8,11,13,17H,4-7,9-10,12H2,1-3H3/t13-,21+/m0/s1. The van der Waals surface area contributed by atoms with Gasteiger partial charge in [0.25, 0.3) is 0 Å². The van der Waals surface area contributed by atoms with Gasteiger partial charge in [-0.3, -0.25) is 4.90 Å². The number of aromatic nitrogens is 2. The Hall–Kier alpha value is -1.84. The molecular weight excluding hydrogens is 412 g/mol. The van der Waals surface area contributed by atoms with Crippen molar-refractivity contribution in [1.82, 2.24) is 14.9 Å². The molecule has 2 atom stereocenters. The summed E-state index contributed by atoms with van der Waals surface area (Å²) >= 11 is 1.51. The van der Waals surface area contributed by atoms with E-state index in [2.05, 4.69) is 21.8 Å². The zero-order valence-corrected chi connectivity index (χ0v) is 18.3. The third-order valence-electron chi connectivity index (χ3n) is 5.98. The number of fused-ring (bicyclic) bond motifs is 2. The van der Waals surface area contributed by atoms with Crippen LogP contribution in [0.3, 0.4) is 0 Å². The van der Waals surface area contributed by atoms with Gasteiger partial charge in [0, 0.05) is 47.1 Å². The van der Waals surface area contributed by atoms with Gasteiger partial charge in [0.15, 0.2) is 0 Å². The molecule has 1 saturated heterocycles. The highest BCUT2D eigenvalue weighted by atomic mass is 32.1. The first kappa shape index (κ1) is 21.4. The lowest BCUT2D eigenvalue weighted by Crippen LogP contribution is -2.50. The SMILES string of the molecule is COc1ncc(CN2CC[C@]3(C[C@@H]2C)OCCc2cc(CC(F)F)sc23)c(OC)n1. The molecule has 4 heterocycles. The van der Waals surface area contributed by atoms with E-state index in [0.717, 1.165) is 41.1 Å². The Bertz CT molecular complexity index is 894. The number of nitrogens with zero attached hydrogens (tertiary/aromatic N) is 3. The van der Waals surface area contributed by atoms with Gasteiger partial charge in [0.05, 0.1) is 20.8 Å². The van der Waals surface area contributed by atoms with Crippen molar-refractivity contribution in [1.29, 1.82) is 0 Å². The molecule has 4 rings (SSSR count). The molecule has 0 bridgehead atoms. The quantitative estimate of drug-likeness (QED) is 0.682. The van der Waals surface area contributed by atoms with Crippen LogP contribution < -0.4 is 9.47 Å². The lowest BCUT2D eigenvalue weighted by atomic mass is 9.82. The third-order valence-corrected chi connectivity index (χ3v) is 7.37. The molecular formula is C21H27F2N3O3S. The predicted octanol–water partition coefficient (Wildman–Crippen LogP) is 3.82. The van der Waals surface area contributed by atoms with Crippen molar-refractivity contribution in [2.75, 3.05) is 27.4 Å². The topological polar surface area (TPSA) is 56.7 Å². The normalized spacial score (nSPS) is 24.3. The molecule has 6 nitrogen and oxygen atoms in total. The van der Waals surface area contributed by atoms with Gasteiger partial charge in [-0.2, -0.15) is 4.98 Å². The number of alkyl halides is 2. The van der Waals surface area contributed by atoms with Crippen LogP contribution in [0.5, 0.6) is 11.9 Å². The lowest BCUT2D eigenvalue weighted by Gasteiger charge is -2.47. The third kappa shape index (κ3) is 4.15. The van der Waals surface area contributed by atoms with Crippen LogP contribution in [-0.4, -0.2) is 54.7 Å². The predicted molar refractivity (Wildman–Crippen MR) is 110 cm³/mol. The number of rotatable bonds is 6. The van der Waals surface area contributed by atoms with Crippen LogP contribution in [0, 0.1) is 0 Å². The van der Waals surface area contributed by atoms with E-state index in [4.69, 9.17) is 14.2 Å². The second-order valence-electron chi connectivity index (χ2n) is 7.92. The van der Waals surface area contributed by atoms with Crippen LogP contribution in [0.1, 0.15) is 40.6 Å². The number of methoxy groups -OCH3 is 2. The number of hydrogen-bond acceptors (Lipinski definition) is 7. The molecule has 1 fully saturated rings. The molecule has 2 aromatic rings. The van der Waals surface area contributed by atoms with E-state index in [9.17, 15) is 8.78 Å². The average Bonchev–Trinajstić information content (AvgIpc) is 3.14. The Morgan fingerprint density at radius 1 is 1.37 bits per heavy atom. The van der Waals surface area contributed by atoms with E-state index in [1.54, 1.807) is 13.3 Å². The van der Waals surface area contributed by atoms with Gasteiger partial charge in [-0.1, -0.05) is 0 Å². The van der Waals surface area contributed by atoms with E-state index in [-0.39, 0.29) is 24.1 Å². The molecule has 2 aromatic heterocycles. The maximum Gasteiger partial charge on any atom is 0.319 e. The van der Waals surface area contributed by atoms with Crippen molar-refractivity contribution in [2.45, 2.75) is 57.2 Å². The second kappa shape index (κ2) is 8.72. The summed E-state index contributed by atoms with van der Waals surface area (Å²) in [5.74, 6) is 0.514. The highest BCUT2D eigenvalue weighted by Crippen LogP contribution is 2.47. The first-order chi connectivity index (χ1) is 14.4. The van der Waals surface area contributed by atoms with Crippen molar-refractivity contribution in [2.24, 2.45) is 0 Å². The minimum absolute atomic E-state index is 0.174. The van der Waals surface area contributed by atoms with Crippen LogP contribution in [0.25, 0.3) is 0 Å². The first-order valence-electron chi connectivity index (χ1n) is 10.2. The van der Waals surface area contributed by atoms with E-state index >= 15 is 0 Å². The maximum atomic E-state index is 12.9. The van der Waals surface area contributed by atoms with Crippen molar-refractivity contribution in [3.8, 4) is 11.9 Å². The fourth-order valence-corrected chi connectivity index (χ4v) is 5.93. The van der Waals surface area contributed by atoms with Crippen LogP contribution in [0.2, 0.25) is 0 Å². The Balaban J connectivity index is 1.51. The number of ether oxygens (including phenoxy) is 3. The summed E-state index contributed by atoms with van der Waals surface area (Å²) in [4.78, 5) is 12.8. The summed E-state index contributed by atoms with van der Waals surface area (Å²) in [5, 5.41) is 0. The Kier molecular flexibility index (Phi) is 6.22. The van der Waals surface area contributed by atoms with Gasteiger partial charge < -0.3 is 14.2 Å². The van der Waals surface area contributed by atoms with E-state index in [0.29, 0.717) is 19.0 Å². The van der Waals surface area contributed by atoms with Gasteiger partial charge in [0.1, 0.15) is 5.60 Å². The van der Waals surface area contributed by atoms with Crippen molar-refractivity contribution in [3.05, 3.63) is 33.1 Å². The fourth-order valence-electron chi connectivity index (χ4n) is 4.54. The smallest absolute Gasteiger partial charge is 0.319 e.